The highest BCUT2D eigenvalue weighted by molar-refractivity contribution is 5.89. The van der Waals surface area contributed by atoms with E-state index >= 15 is 0 Å². The fourth-order valence-corrected chi connectivity index (χ4v) is 3.51. The minimum Gasteiger partial charge on any atom is -0.481 e. The Morgan fingerprint density at radius 3 is 2.38 bits per heavy atom. The molecule has 21 heavy (non-hydrogen) atoms. The maximum atomic E-state index is 12.7. The third-order valence-electron chi connectivity index (χ3n) is 4.47. The second-order valence-corrected chi connectivity index (χ2v) is 5.92. The molecule has 0 radical (unpaired) electrons. The van der Waals surface area contributed by atoms with Crippen LogP contribution in [0.2, 0.25) is 0 Å². The molecule has 2 aliphatic rings. The summed E-state index contributed by atoms with van der Waals surface area (Å²) in [6.45, 7) is 2.30. The molecule has 6 nitrogen and oxygen atoms in total. The molecule has 0 heterocycles. The van der Waals surface area contributed by atoms with E-state index in [-0.39, 0.29) is 24.3 Å². The summed E-state index contributed by atoms with van der Waals surface area (Å²) in [5.74, 6) is -3.07. The Bertz CT molecular complexity index is 474. The lowest BCUT2D eigenvalue weighted by atomic mass is 9.82. The number of fused-ring (bicyclic) bond motifs is 2. The normalized spacial score (nSPS) is 29.6. The molecule has 0 aromatic carbocycles. The van der Waals surface area contributed by atoms with E-state index in [4.69, 9.17) is 5.73 Å². The monoisotopic (exact) mass is 294 g/mol. The van der Waals surface area contributed by atoms with Crippen molar-refractivity contribution < 1.29 is 19.5 Å². The zero-order valence-corrected chi connectivity index (χ0v) is 12.2. The number of amides is 2. The van der Waals surface area contributed by atoms with Crippen LogP contribution in [0.1, 0.15) is 26.2 Å². The molecule has 2 aliphatic carbocycles. The molecule has 2 rings (SSSR count). The van der Waals surface area contributed by atoms with Crippen LogP contribution in [0, 0.1) is 23.7 Å². The number of unbranched alkanes of at least 4 members (excludes halogenated alkanes) is 1. The van der Waals surface area contributed by atoms with Crippen LogP contribution in [0.4, 0.5) is 0 Å². The van der Waals surface area contributed by atoms with Gasteiger partial charge in [-0.05, 0) is 24.7 Å². The maximum absolute atomic E-state index is 12.7. The van der Waals surface area contributed by atoms with Gasteiger partial charge >= 0.3 is 5.97 Å². The first kappa shape index (κ1) is 15.5. The molecule has 0 aromatic heterocycles. The number of hydrogen-bond donors (Lipinski definition) is 2. The number of carboxylic acids is 1. The van der Waals surface area contributed by atoms with Crippen LogP contribution >= 0.6 is 0 Å². The maximum Gasteiger partial charge on any atom is 0.307 e. The lowest BCUT2D eigenvalue weighted by Crippen LogP contribution is -2.46. The summed E-state index contributed by atoms with van der Waals surface area (Å²) >= 11 is 0. The van der Waals surface area contributed by atoms with Crippen LogP contribution in [0.25, 0.3) is 0 Å². The molecule has 116 valence electrons. The first-order valence-corrected chi connectivity index (χ1v) is 7.44. The van der Waals surface area contributed by atoms with E-state index in [0.717, 1.165) is 12.8 Å². The number of carbonyl (C=O) groups excluding carboxylic acids is 2. The molecule has 1 saturated carbocycles. The van der Waals surface area contributed by atoms with Gasteiger partial charge in [0.15, 0.2) is 0 Å². The SMILES string of the molecule is CCCCN(CC(N)=O)C(=O)C1C2C=CC(C2)C1C(=O)O. The van der Waals surface area contributed by atoms with E-state index in [1.807, 2.05) is 19.1 Å². The predicted molar refractivity (Wildman–Crippen MR) is 76.0 cm³/mol. The van der Waals surface area contributed by atoms with Crippen molar-refractivity contribution in [2.45, 2.75) is 26.2 Å². The second-order valence-electron chi connectivity index (χ2n) is 5.92. The molecule has 2 bridgehead atoms. The number of aliphatic carboxylic acids is 1. The Morgan fingerprint density at radius 1 is 1.24 bits per heavy atom. The standard InChI is InChI=1S/C15H22N2O4/c1-2-3-6-17(8-11(16)18)14(19)12-9-4-5-10(7-9)13(12)15(20)21/h4-5,9-10,12-13H,2-3,6-8H2,1H3,(H2,16,18)(H,20,21). The predicted octanol–water partition coefficient (Wildman–Crippen LogP) is 0.623. The number of carboxylic acid groups (broad SMARTS) is 1. The van der Waals surface area contributed by atoms with Crippen LogP contribution < -0.4 is 5.73 Å². The highest BCUT2D eigenvalue weighted by Gasteiger charge is 2.52. The van der Waals surface area contributed by atoms with Crippen molar-refractivity contribution in [3.63, 3.8) is 0 Å². The smallest absolute Gasteiger partial charge is 0.307 e. The van der Waals surface area contributed by atoms with Crippen LogP contribution in [0.15, 0.2) is 12.2 Å². The number of nitrogens with zero attached hydrogens (tertiary/aromatic N) is 1. The first-order chi connectivity index (χ1) is 9.95. The molecule has 0 saturated heterocycles. The number of rotatable bonds is 7. The summed E-state index contributed by atoms with van der Waals surface area (Å²) < 4.78 is 0. The van der Waals surface area contributed by atoms with Crippen LogP contribution in [0.5, 0.6) is 0 Å². The Hall–Kier alpha value is -1.85. The van der Waals surface area contributed by atoms with E-state index in [1.165, 1.54) is 4.90 Å². The van der Waals surface area contributed by atoms with E-state index < -0.39 is 23.7 Å². The Labute approximate surface area is 124 Å². The van der Waals surface area contributed by atoms with Crippen molar-refractivity contribution in [2.75, 3.05) is 13.1 Å². The highest BCUT2D eigenvalue weighted by Crippen LogP contribution is 2.48. The molecule has 3 N–H and O–H groups in total. The summed E-state index contributed by atoms with van der Waals surface area (Å²) in [5.41, 5.74) is 5.21. The largest absolute Gasteiger partial charge is 0.481 e. The van der Waals surface area contributed by atoms with Gasteiger partial charge in [0.25, 0.3) is 0 Å². The van der Waals surface area contributed by atoms with Gasteiger partial charge in [-0.3, -0.25) is 14.4 Å². The second kappa shape index (κ2) is 6.28. The van der Waals surface area contributed by atoms with E-state index in [2.05, 4.69) is 0 Å². The van der Waals surface area contributed by atoms with Gasteiger partial charge in [-0.1, -0.05) is 25.5 Å². The molecule has 1 fully saturated rings. The van der Waals surface area contributed by atoms with Gasteiger partial charge in [0.1, 0.15) is 0 Å². The lowest BCUT2D eigenvalue weighted by molar-refractivity contribution is -0.151. The van der Waals surface area contributed by atoms with Gasteiger partial charge in [0.2, 0.25) is 11.8 Å². The number of nitrogens with two attached hydrogens (primary N) is 1. The Balaban J connectivity index is 2.16. The average Bonchev–Trinajstić information content (AvgIpc) is 3.02. The first-order valence-electron chi connectivity index (χ1n) is 7.44. The van der Waals surface area contributed by atoms with E-state index in [9.17, 15) is 19.5 Å². The molecule has 0 aromatic rings. The summed E-state index contributed by atoms with van der Waals surface area (Å²) in [4.78, 5) is 36.8. The molecule has 4 unspecified atom stereocenters. The zero-order valence-electron chi connectivity index (χ0n) is 12.2. The molecule has 6 heteroatoms. The number of primary amides is 1. The van der Waals surface area contributed by atoms with Crippen LogP contribution in [0.3, 0.4) is 0 Å². The molecule has 0 aliphatic heterocycles. The zero-order chi connectivity index (χ0) is 15.6. The summed E-state index contributed by atoms with van der Waals surface area (Å²) in [5, 5.41) is 9.40. The third kappa shape index (κ3) is 3.09. The van der Waals surface area contributed by atoms with Crippen molar-refractivity contribution in [1.29, 1.82) is 0 Å². The number of hydrogen-bond acceptors (Lipinski definition) is 3. The minimum atomic E-state index is -0.931. The summed E-state index contributed by atoms with van der Waals surface area (Å²) in [6.07, 6.45) is 6.22. The topological polar surface area (TPSA) is 101 Å². The number of allylic oxidation sites excluding steroid dienone is 2. The van der Waals surface area contributed by atoms with Crippen molar-refractivity contribution in [2.24, 2.45) is 29.4 Å². The molecular formula is C15H22N2O4. The van der Waals surface area contributed by atoms with Crippen molar-refractivity contribution in [1.82, 2.24) is 4.90 Å². The van der Waals surface area contributed by atoms with Gasteiger partial charge < -0.3 is 15.7 Å². The van der Waals surface area contributed by atoms with Gasteiger partial charge in [0.05, 0.1) is 18.4 Å². The van der Waals surface area contributed by atoms with Gasteiger partial charge in [-0.2, -0.15) is 0 Å². The van der Waals surface area contributed by atoms with E-state index in [1.54, 1.807) is 0 Å². The number of carbonyl (C=O) groups is 3. The molecule has 0 spiro atoms. The molecular weight excluding hydrogens is 272 g/mol. The minimum absolute atomic E-state index is 0.0272. The van der Waals surface area contributed by atoms with Crippen molar-refractivity contribution >= 4 is 17.8 Å². The fourth-order valence-electron chi connectivity index (χ4n) is 3.51. The van der Waals surface area contributed by atoms with Crippen molar-refractivity contribution in [3.05, 3.63) is 12.2 Å². The Kier molecular flexibility index (Phi) is 4.65. The van der Waals surface area contributed by atoms with E-state index in [0.29, 0.717) is 13.0 Å². The lowest BCUT2D eigenvalue weighted by Gasteiger charge is -2.30. The fraction of sp³-hybridized carbons (Fsp3) is 0.667. The summed E-state index contributed by atoms with van der Waals surface area (Å²) in [6, 6.07) is 0. The van der Waals surface area contributed by atoms with Crippen LogP contribution in [-0.2, 0) is 14.4 Å². The van der Waals surface area contributed by atoms with Gasteiger partial charge in [0, 0.05) is 6.54 Å². The van der Waals surface area contributed by atoms with Crippen molar-refractivity contribution in [3.8, 4) is 0 Å². The Morgan fingerprint density at radius 2 is 1.86 bits per heavy atom. The van der Waals surface area contributed by atoms with Gasteiger partial charge in [-0.15, -0.1) is 0 Å². The third-order valence-corrected chi connectivity index (χ3v) is 4.47. The van der Waals surface area contributed by atoms with Crippen LogP contribution in [-0.4, -0.2) is 40.9 Å². The summed E-state index contributed by atoms with van der Waals surface area (Å²) in [7, 11) is 0. The molecule has 2 amide bonds. The highest BCUT2D eigenvalue weighted by atomic mass is 16.4. The molecule has 4 atom stereocenters. The average molecular weight is 294 g/mol. The quantitative estimate of drug-likeness (QED) is 0.672. The van der Waals surface area contributed by atoms with Gasteiger partial charge in [-0.25, -0.2) is 0 Å².